The molecule has 1 aliphatic heterocycles. The first-order valence-corrected chi connectivity index (χ1v) is 11.1. The van der Waals surface area contributed by atoms with Gasteiger partial charge in [0, 0.05) is 18.0 Å². The number of nitrogens with one attached hydrogen (secondary N) is 1. The maximum atomic E-state index is 13.4. The van der Waals surface area contributed by atoms with Crippen molar-refractivity contribution >= 4 is 40.5 Å². The smallest absolute Gasteiger partial charge is 0.267 e. The van der Waals surface area contributed by atoms with Gasteiger partial charge in [-0.2, -0.15) is 5.10 Å². The number of amides is 1. The second-order valence-electron chi connectivity index (χ2n) is 7.97. The van der Waals surface area contributed by atoms with Gasteiger partial charge in [-0.3, -0.25) is 9.80 Å². The van der Waals surface area contributed by atoms with Gasteiger partial charge < -0.3 is 5.32 Å². The van der Waals surface area contributed by atoms with Crippen molar-refractivity contribution < 1.29 is 9.18 Å². The molecule has 1 fully saturated rings. The molecule has 1 atom stereocenters. The normalized spacial score (nSPS) is 19.6. The van der Waals surface area contributed by atoms with Crippen LogP contribution in [0.25, 0.3) is 0 Å². The molecule has 2 aromatic carbocycles. The molecule has 0 aromatic heterocycles. The van der Waals surface area contributed by atoms with Gasteiger partial charge >= 0.3 is 0 Å². The molecular formula is C23H24Cl2FN3O. The van der Waals surface area contributed by atoms with Crippen molar-refractivity contribution in [1.29, 1.82) is 0 Å². The molecule has 1 amide bonds. The molecule has 1 aliphatic carbocycles. The minimum absolute atomic E-state index is 0.153. The fraction of sp³-hybridized carbons (Fsp3) is 0.391. The van der Waals surface area contributed by atoms with Crippen LogP contribution in [0.1, 0.15) is 50.1 Å². The second-order valence-corrected chi connectivity index (χ2v) is 8.82. The molecule has 0 radical (unpaired) electrons. The van der Waals surface area contributed by atoms with Gasteiger partial charge in [-0.1, -0.05) is 54.6 Å². The van der Waals surface area contributed by atoms with E-state index in [1.54, 1.807) is 35.3 Å². The van der Waals surface area contributed by atoms with Crippen LogP contribution in [0, 0.1) is 11.7 Å². The van der Waals surface area contributed by atoms with E-state index in [1.807, 2.05) is 0 Å². The number of carbonyl (C=O) groups is 1. The molecule has 158 valence electrons. The van der Waals surface area contributed by atoms with E-state index in [4.69, 9.17) is 23.2 Å². The lowest BCUT2D eigenvalue weighted by Gasteiger charge is -2.25. The standard InChI is InChI=1S/C23H24Cl2FN3O/c24-17-8-11-21(19(25)12-17)29-22(16-6-9-18(26)10-7-16)13-20(28-29)23(30)27-14-15-4-2-1-3-5-15/h6-12,15,22H,1-5,13-14H2,(H,27,30). The van der Waals surface area contributed by atoms with Gasteiger partial charge in [0.15, 0.2) is 0 Å². The maximum absolute atomic E-state index is 13.4. The number of rotatable bonds is 5. The number of carbonyl (C=O) groups excluding carboxylic acids is 1. The van der Waals surface area contributed by atoms with Crippen LogP contribution in [0.2, 0.25) is 10.0 Å². The highest BCUT2D eigenvalue weighted by Gasteiger charge is 2.33. The summed E-state index contributed by atoms with van der Waals surface area (Å²) in [5.74, 6) is 0.0823. The first-order chi connectivity index (χ1) is 14.5. The summed E-state index contributed by atoms with van der Waals surface area (Å²) in [6, 6.07) is 11.2. The SMILES string of the molecule is O=C(NCC1CCCCC1)C1=NN(c2ccc(Cl)cc2Cl)C(c2ccc(F)cc2)C1. The molecule has 0 spiro atoms. The van der Waals surface area contributed by atoms with Crippen molar-refractivity contribution in [2.75, 3.05) is 11.6 Å². The van der Waals surface area contributed by atoms with Gasteiger partial charge in [0.2, 0.25) is 0 Å². The summed E-state index contributed by atoms with van der Waals surface area (Å²) in [6.07, 6.45) is 6.50. The lowest BCUT2D eigenvalue weighted by molar-refractivity contribution is -0.115. The van der Waals surface area contributed by atoms with Gasteiger partial charge in [0.05, 0.1) is 16.8 Å². The number of benzene rings is 2. The average Bonchev–Trinajstić information content (AvgIpc) is 3.18. The maximum Gasteiger partial charge on any atom is 0.267 e. The van der Waals surface area contributed by atoms with E-state index in [-0.39, 0.29) is 17.8 Å². The summed E-state index contributed by atoms with van der Waals surface area (Å²) >= 11 is 12.5. The molecule has 1 heterocycles. The first kappa shape index (κ1) is 21.1. The number of hydrogen-bond donors (Lipinski definition) is 1. The largest absolute Gasteiger partial charge is 0.351 e. The van der Waals surface area contributed by atoms with Crippen molar-refractivity contribution in [3.63, 3.8) is 0 Å². The third-order valence-corrected chi connectivity index (χ3v) is 6.40. The molecular weight excluding hydrogens is 424 g/mol. The Morgan fingerprint density at radius 1 is 1.10 bits per heavy atom. The van der Waals surface area contributed by atoms with Crippen LogP contribution in [0.3, 0.4) is 0 Å². The molecule has 2 aromatic rings. The third kappa shape index (κ3) is 4.79. The number of anilines is 1. The van der Waals surface area contributed by atoms with Crippen LogP contribution >= 0.6 is 23.2 Å². The topological polar surface area (TPSA) is 44.7 Å². The highest BCUT2D eigenvalue weighted by Crippen LogP contribution is 2.39. The molecule has 0 saturated heterocycles. The molecule has 30 heavy (non-hydrogen) atoms. The lowest BCUT2D eigenvalue weighted by Crippen LogP contribution is -2.34. The van der Waals surface area contributed by atoms with Crippen molar-refractivity contribution in [2.45, 2.75) is 44.6 Å². The molecule has 1 N–H and O–H groups in total. The monoisotopic (exact) mass is 447 g/mol. The molecule has 1 unspecified atom stereocenters. The summed E-state index contributed by atoms with van der Waals surface area (Å²) in [5.41, 5.74) is 1.97. The number of halogens is 3. The highest BCUT2D eigenvalue weighted by atomic mass is 35.5. The molecule has 1 saturated carbocycles. The van der Waals surface area contributed by atoms with Gasteiger partial charge in [-0.25, -0.2) is 4.39 Å². The van der Waals surface area contributed by atoms with Gasteiger partial charge in [0.1, 0.15) is 11.5 Å². The quantitative estimate of drug-likeness (QED) is 0.598. The minimum atomic E-state index is -0.306. The zero-order valence-electron chi connectivity index (χ0n) is 16.6. The zero-order valence-corrected chi connectivity index (χ0v) is 18.1. The Morgan fingerprint density at radius 3 is 2.53 bits per heavy atom. The molecule has 4 rings (SSSR count). The minimum Gasteiger partial charge on any atom is -0.351 e. The van der Waals surface area contributed by atoms with Crippen LogP contribution in [-0.2, 0) is 4.79 Å². The van der Waals surface area contributed by atoms with Crippen molar-refractivity contribution in [3.8, 4) is 0 Å². The highest BCUT2D eigenvalue weighted by molar-refractivity contribution is 6.40. The van der Waals surface area contributed by atoms with Crippen LogP contribution in [0.5, 0.6) is 0 Å². The molecule has 0 bridgehead atoms. The van der Waals surface area contributed by atoms with E-state index in [2.05, 4.69) is 10.4 Å². The third-order valence-electron chi connectivity index (χ3n) is 5.86. The Morgan fingerprint density at radius 2 is 1.83 bits per heavy atom. The van der Waals surface area contributed by atoms with Crippen LogP contribution in [0.15, 0.2) is 47.6 Å². The first-order valence-electron chi connectivity index (χ1n) is 10.4. The summed E-state index contributed by atoms with van der Waals surface area (Å²) in [7, 11) is 0. The summed E-state index contributed by atoms with van der Waals surface area (Å²) in [4.78, 5) is 12.9. The van der Waals surface area contributed by atoms with Crippen molar-refractivity contribution in [2.24, 2.45) is 11.0 Å². The predicted octanol–water partition coefficient (Wildman–Crippen LogP) is 6.14. The van der Waals surface area contributed by atoms with E-state index in [9.17, 15) is 9.18 Å². The lowest BCUT2D eigenvalue weighted by atomic mass is 9.89. The average molecular weight is 448 g/mol. The Labute approximate surface area is 186 Å². The Balaban J connectivity index is 1.56. The second kappa shape index (κ2) is 9.36. The van der Waals surface area contributed by atoms with E-state index < -0.39 is 0 Å². The predicted molar refractivity (Wildman–Crippen MR) is 120 cm³/mol. The molecule has 7 heteroatoms. The fourth-order valence-corrected chi connectivity index (χ4v) is 4.71. The van der Waals surface area contributed by atoms with E-state index in [0.29, 0.717) is 40.3 Å². The molecule has 4 nitrogen and oxygen atoms in total. The summed E-state index contributed by atoms with van der Waals surface area (Å²) in [6.45, 7) is 0.681. The van der Waals surface area contributed by atoms with E-state index >= 15 is 0 Å². The van der Waals surface area contributed by atoms with Crippen LogP contribution in [0.4, 0.5) is 10.1 Å². The molecule has 2 aliphatic rings. The van der Waals surface area contributed by atoms with Crippen molar-refractivity contribution in [3.05, 3.63) is 63.9 Å². The van der Waals surface area contributed by atoms with Crippen LogP contribution in [-0.4, -0.2) is 18.2 Å². The summed E-state index contributed by atoms with van der Waals surface area (Å²) in [5, 5.41) is 10.4. The number of nitrogens with zero attached hydrogens (tertiary/aromatic N) is 2. The van der Waals surface area contributed by atoms with Gasteiger partial charge in [-0.15, -0.1) is 0 Å². The zero-order chi connectivity index (χ0) is 21.1. The Hall–Kier alpha value is -2.11. The Kier molecular flexibility index (Phi) is 6.59. The number of hydrogen-bond acceptors (Lipinski definition) is 3. The van der Waals surface area contributed by atoms with Crippen LogP contribution < -0.4 is 10.3 Å². The van der Waals surface area contributed by atoms with Gasteiger partial charge in [0.25, 0.3) is 5.91 Å². The Bertz CT molecular complexity index is 942. The number of hydrazone groups is 1. The van der Waals surface area contributed by atoms with Gasteiger partial charge in [-0.05, 0) is 54.7 Å². The van der Waals surface area contributed by atoms with E-state index in [0.717, 1.165) is 18.4 Å². The summed E-state index contributed by atoms with van der Waals surface area (Å²) < 4.78 is 13.4. The van der Waals surface area contributed by atoms with Crippen molar-refractivity contribution in [1.82, 2.24) is 5.32 Å². The van der Waals surface area contributed by atoms with E-state index in [1.165, 1.54) is 31.4 Å². The fourth-order valence-electron chi connectivity index (χ4n) is 4.21.